The molecule has 0 unspecified atom stereocenters. The number of amides is 2. The Morgan fingerprint density at radius 1 is 1.14 bits per heavy atom. The number of carbonyl (C=O) groups excluding carboxylic acids is 1. The van der Waals surface area contributed by atoms with Crippen LogP contribution >= 0.6 is 0 Å². The van der Waals surface area contributed by atoms with Gasteiger partial charge in [0.15, 0.2) is 5.82 Å². The van der Waals surface area contributed by atoms with E-state index in [0.717, 1.165) is 43.0 Å². The van der Waals surface area contributed by atoms with Crippen molar-refractivity contribution in [2.24, 2.45) is 0 Å². The largest absolute Gasteiger partial charge is 0.331 e. The number of urea groups is 1. The van der Waals surface area contributed by atoms with Crippen molar-refractivity contribution in [1.29, 1.82) is 0 Å². The molecule has 1 aromatic carbocycles. The Kier molecular flexibility index (Phi) is 5.36. The van der Waals surface area contributed by atoms with Crippen LogP contribution in [0.15, 0.2) is 42.6 Å². The van der Waals surface area contributed by atoms with Gasteiger partial charge in [0.1, 0.15) is 11.6 Å². The molecule has 0 fully saturated rings. The third kappa shape index (κ3) is 3.90. The average Bonchev–Trinajstić information content (AvgIpc) is 3.26. The normalized spacial score (nSPS) is 14.8. The summed E-state index contributed by atoms with van der Waals surface area (Å²) in [5.74, 6) is 2.47. The van der Waals surface area contributed by atoms with Gasteiger partial charge < -0.3 is 9.88 Å². The van der Waals surface area contributed by atoms with Crippen molar-refractivity contribution < 1.29 is 4.79 Å². The molecule has 0 radical (unpaired) electrons. The molecule has 1 aliphatic heterocycles. The second-order valence-electron chi connectivity index (χ2n) is 7.05. The lowest BCUT2D eigenvalue weighted by Gasteiger charge is -2.16. The van der Waals surface area contributed by atoms with Crippen LogP contribution in [0.4, 0.5) is 10.6 Å². The number of carbonyl (C=O) groups is 1. The number of rotatable bonds is 5. The topological polar surface area (TPSA) is 89.7 Å². The molecule has 0 saturated heterocycles. The molecule has 8 nitrogen and oxygen atoms in total. The first-order valence-corrected chi connectivity index (χ1v) is 9.76. The zero-order valence-electron chi connectivity index (χ0n) is 16.0. The average molecular weight is 379 g/mol. The van der Waals surface area contributed by atoms with E-state index in [0.29, 0.717) is 12.4 Å². The van der Waals surface area contributed by atoms with E-state index in [9.17, 15) is 4.79 Å². The van der Waals surface area contributed by atoms with Gasteiger partial charge in [-0.15, -0.1) is 10.2 Å². The van der Waals surface area contributed by atoms with Crippen LogP contribution in [-0.4, -0.2) is 30.6 Å². The molecule has 2 amide bonds. The van der Waals surface area contributed by atoms with Crippen molar-refractivity contribution in [2.45, 2.75) is 51.7 Å². The van der Waals surface area contributed by atoms with E-state index < -0.39 is 0 Å². The standard InChI is InChI=1S/C20H25N7O/c1-15(16-8-4-2-5-9-16)27-17(11-12-22-27)23-20(28)21-14-19-25-24-18-10-6-3-7-13-26(18)19/h2,4-5,8-9,11-12,15H,3,6-7,10,13-14H2,1H3,(H2,21,23,28)/t15-/m0/s1. The zero-order chi connectivity index (χ0) is 19.3. The number of hydrogen-bond acceptors (Lipinski definition) is 4. The van der Waals surface area contributed by atoms with Gasteiger partial charge in [0.25, 0.3) is 0 Å². The summed E-state index contributed by atoms with van der Waals surface area (Å²) in [6, 6.07) is 11.6. The van der Waals surface area contributed by atoms with Crippen LogP contribution < -0.4 is 10.6 Å². The first-order chi connectivity index (χ1) is 13.7. The van der Waals surface area contributed by atoms with E-state index in [1.165, 1.54) is 6.42 Å². The summed E-state index contributed by atoms with van der Waals surface area (Å²) in [7, 11) is 0. The predicted octanol–water partition coefficient (Wildman–Crippen LogP) is 3.13. The molecule has 2 aromatic heterocycles. The minimum atomic E-state index is -0.284. The first kappa shape index (κ1) is 18.2. The molecule has 3 aromatic rings. The third-order valence-corrected chi connectivity index (χ3v) is 5.15. The minimum absolute atomic E-state index is 0.0127. The number of anilines is 1. The van der Waals surface area contributed by atoms with Crippen molar-refractivity contribution in [1.82, 2.24) is 29.9 Å². The molecule has 0 aliphatic carbocycles. The lowest BCUT2D eigenvalue weighted by atomic mass is 10.1. The maximum absolute atomic E-state index is 12.4. The van der Waals surface area contributed by atoms with Crippen LogP contribution in [0.25, 0.3) is 0 Å². The molecule has 0 bridgehead atoms. The molecular weight excluding hydrogens is 354 g/mol. The second kappa shape index (κ2) is 8.24. The van der Waals surface area contributed by atoms with E-state index >= 15 is 0 Å². The second-order valence-corrected chi connectivity index (χ2v) is 7.05. The lowest BCUT2D eigenvalue weighted by Crippen LogP contribution is -2.30. The predicted molar refractivity (Wildman–Crippen MR) is 106 cm³/mol. The molecule has 0 spiro atoms. The summed E-state index contributed by atoms with van der Waals surface area (Å²) in [6.07, 6.45) is 6.12. The van der Waals surface area contributed by atoms with E-state index in [4.69, 9.17) is 0 Å². The van der Waals surface area contributed by atoms with E-state index in [-0.39, 0.29) is 12.1 Å². The Hall–Kier alpha value is -3.16. The zero-order valence-corrected chi connectivity index (χ0v) is 16.0. The van der Waals surface area contributed by atoms with Gasteiger partial charge in [-0.3, -0.25) is 5.32 Å². The van der Waals surface area contributed by atoms with Gasteiger partial charge in [-0.2, -0.15) is 5.10 Å². The SMILES string of the molecule is C[C@@H](c1ccccc1)n1nccc1NC(=O)NCc1nnc2n1CCCCC2. The van der Waals surface area contributed by atoms with Crippen LogP contribution in [0, 0.1) is 0 Å². The van der Waals surface area contributed by atoms with Gasteiger partial charge >= 0.3 is 6.03 Å². The number of nitrogens with one attached hydrogen (secondary N) is 2. The van der Waals surface area contributed by atoms with Crippen LogP contribution in [0.3, 0.4) is 0 Å². The molecule has 1 atom stereocenters. The first-order valence-electron chi connectivity index (χ1n) is 9.76. The number of nitrogens with zero attached hydrogens (tertiary/aromatic N) is 5. The van der Waals surface area contributed by atoms with E-state index in [2.05, 4.69) is 37.4 Å². The van der Waals surface area contributed by atoms with Crippen LogP contribution in [0.5, 0.6) is 0 Å². The number of hydrogen-bond donors (Lipinski definition) is 2. The molecule has 3 heterocycles. The quantitative estimate of drug-likeness (QED) is 0.713. The summed E-state index contributed by atoms with van der Waals surface area (Å²) < 4.78 is 3.94. The fourth-order valence-corrected chi connectivity index (χ4v) is 3.59. The van der Waals surface area contributed by atoms with Crippen molar-refractivity contribution in [3.05, 3.63) is 59.8 Å². The van der Waals surface area contributed by atoms with Gasteiger partial charge in [-0.1, -0.05) is 36.8 Å². The Bertz CT molecular complexity index is 931. The maximum atomic E-state index is 12.4. The molecule has 146 valence electrons. The van der Waals surface area contributed by atoms with E-state index in [1.54, 1.807) is 16.9 Å². The molecule has 8 heteroatoms. The number of benzene rings is 1. The number of fused-ring (bicyclic) bond motifs is 1. The summed E-state index contributed by atoms with van der Waals surface area (Å²) >= 11 is 0. The van der Waals surface area contributed by atoms with Crippen molar-refractivity contribution in [3.8, 4) is 0 Å². The Morgan fingerprint density at radius 3 is 2.86 bits per heavy atom. The van der Waals surface area contributed by atoms with Crippen LogP contribution in [-0.2, 0) is 19.5 Å². The third-order valence-electron chi connectivity index (χ3n) is 5.15. The van der Waals surface area contributed by atoms with Crippen molar-refractivity contribution in [2.75, 3.05) is 5.32 Å². The fourth-order valence-electron chi connectivity index (χ4n) is 3.59. The van der Waals surface area contributed by atoms with Crippen molar-refractivity contribution >= 4 is 11.8 Å². The minimum Gasteiger partial charge on any atom is -0.331 e. The van der Waals surface area contributed by atoms with Gasteiger partial charge in [0.05, 0.1) is 18.8 Å². The highest BCUT2D eigenvalue weighted by Gasteiger charge is 2.17. The molecular formula is C20H25N7O. The Morgan fingerprint density at radius 2 is 2.00 bits per heavy atom. The molecule has 2 N–H and O–H groups in total. The monoisotopic (exact) mass is 379 g/mol. The van der Waals surface area contributed by atoms with Gasteiger partial charge in [-0.05, 0) is 25.3 Å². The highest BCUT2D eigenvalue weighted by atomic mass is 16.2. The Balaban J connectivity index is 1.39. The fraction of sp³-hybridized carbons (Fsp3) is 0.400. The van der Waals surface area contributed by atoms with Gasteiger partial charge in [-0.25, -0.2) is 9.48 Å². The number of aryl methyl sites for hydroxylation is 1. The van der Waals surface area contributed by atoms with Crippen LogP contribution in [0.1, 0.15) is 49.4 Å². The summed E-state index contributed by atoms with van der Waals surface area (Å²) in [5.41, 5.74) is 1.13. The van der Waals surface area contributed by atoms with Gasteiger partial charge in [0.2, 0.25) is 0 Å². The number of aromatic nitrogens is 5. The molecule has 28 heavy (non-hydrogen) atoms. The molecule has 4 rings (SSSR count). The highest BCUT2D eigenvalue weighted by molar-refractivity contribution is 5.88. The molecule has 1 aliphatic rings. The summed E-state index contributed by atoms with van der Waals surface area (Å²) in [6.45, 7) is 3.32. The van der Waals surface area contributed by atoms with Gasteiger partial charge in [0, 0.05) is 19.0 Å². The highest BCUT2D eigenvalue weighted by Crippen LogP contribution is 2.21. The summed E-state index contributed by atoms with van der Waals surface area (Å²) in [5, 5.41) is 18.7. The van der Waals surface area contributed by atoms with E-state index in [1.807, 2.05) is 30.3 Å². The lowest BCUT2D eigenvalue weighted by molar-refractivity contribution is 0.251. The van der Waals surface area contributed by atoms with Crippen LogP contribution in [0.2, 0.25) is 0 Å². The Labute approximate surface area is 164 Å². The van der Waals surface area contributed by atoms with Crippen molar-refractivity contribution in [3.63, 3.8) is 0 Å². The summed E-state index contributed by atoms with van der Waals surface area (Å²) in [4.78, 5) is 12.4. The smallest absolute Gasteiger partial charge is 0.320 e. The molecule has 0 saturated carbocycles. The maximum Gasteiger partial charge on any atom is 0.320 e.